The first-order valence-electron chi connectivity index (χ1n) is 5.57. The summed E-state index contributed by atoms with van der Waals surface area (Å²) in [6, 6.07) is 5.84. The molecule has 0 aliphatic carbocycles. The van der Waals surface area contributed by atoms with E-state index in [0.29, 0.717) is 5.88 Å². The van der Waals surface area contributed by atoms with Crippen molar-refractivity contribution in [2.45, 2.75) is 32.7 Å². The highest BCUT2D eigenvalue weighted by Crippen LogP contribution is 2.06. The van der Waals surface area contributed by atoms with Crippen LogP contribution in [0.5, 0.6) is 5.88 Å². The lowest BCUT2D eigenvalue weighted by molar-refractivity contribution is 0.395. The van der Waals surface area contributed by atoms with Crippen LogP contribution >= 0.6 is 0 Å². The third kappa shape index (κ3) is 4.79. The molecule has 1 aromatic heterocycles. The van der Waals surface area contributed by atoms with Gasteiger partial charge in [0.05, 0.1) is 12.8 Å². The van der Waals surface area contributed by atoms with Gasteiger partial charge in [-0.05, 0) is 19.0 Å². The highest BCUT2D eigenvalue weighted by atomic mass is 16.5. The second-order valence-electron chi connectivity index (χ2n) is 3.56. The Bertz CT molecular complexity index is 276. The van der Waals surface area contributed by atoms with Crippen molar-refractivity contribution in [3.8, 4) is 5.88 Å². The van der Waals surface area contributed by atoms with Gasteiger partial charge in [-0.3, -0.25) is 0 Å². The Hall–Kier alpha value is -1.09. The maximum Gasteiger partial charge on any atom is 0.213 e. The average molecular weight is 208 g/mol. The molecule has 0 saturated heterocycles. The van der Waals surface area contributed by atoms with Crippen molar-refractivity contribution in [3.05, 3.63) is 23.9 Å². The normalized spacial score (nSPS) is 10.3. The molecule has 15 heavy (non-hydrogen) atoms. The van der Waals surface area contributed by atoms with Crippen molar-refractivity contribution in [3.63, 3.8) is 0 Å². The number of nitrogens with one attached hydrogen (secondary N) is 1. The van der Waals surface area contributed by atoms with E-state index in [0.717, 1.165) is 18.8 Å². The van der Waals surface area contributed by atoms with Gasteiger partial charge in [-0.25, -0.2) is 4.98 Å². The Kier molecular flexibility index (Phi) is 5.78. The molecule has 1 heterocycles. The fraction of sp³-hybridized carbons (Fsp3) is 0.583. The summed E-state index contributed by atoms with van der Waals surface area (Å²) in [6.45, 7) is 4.09. The first-order chi connectivity index (χ1) is 7.36. The second-order valence-corrected chi connectivity index (χ2v) is 3.56. The highest BCUT2D eigenvalue weighted by Gasteiger charge is 1.96. The first-order valence-corrected chi connectivity index (χ1v) is 5.57. The molecule has 3 heteroatoms. The molecule has 0 atom stereocenters. The second kappa shape index (κ2) is 7.23. The van der Waals surface area contributed by atoms with E-state index >= 15 is 0 Å². The quantitative estimate of drug-likeness (QED) is 0.698. The molecule has 0 bridgehead atoms. The van der Waals surface area contributed by atoms with E-state index in [4.69, 9.17) is 4.74 Å². The molecule has 0 aliphatic rings. The van der Waals surface area contributed by atoms with Crippen LogP contribution in [0.25, 0.3) is 0 Å². The van der Waals surface area contributed by atoms with Gasteiger partial charge in [0.2, 0.25) is 5.88 Å². The molecule has 0 amide bonds. The minimum absolute atomic E-state index is 0.683. The van der Waals surface area contributed by atoms with E-state index in [9.17, 15) is 0 Å². The fourth-order valence-corrected chi connectivity index (χ4v) is 1.39. The van der Waals surface area contributed by atoms with Crippen LogP contribution in [-0.2, 0) is 6.54 Å². The van der Waals surface area contributed by atoms with Gasteiger partial charge >= 0.3 is 0 Å². The molecule has 0 aromatic carbocycles. The monoisotopic (exact) mass is 208 g/mol. The van der Waals surface area contributed by atoms with Crippen molar-refractivity contribution in [2.75, 3.05) is 13.7 Å². The summed E-state index contributed by atoms with van der Waals surface area (Å²) in [7, 11) is 1.64. The van der Waals surface area contributed by atoms with Gasteiger partial charge < -0.3 is 10.1 Å². The van der Waals surface area contributed by atoms with Crippen LogP contribution in [0.3, 0.4) is 0 Å². The SMILES string of the molecule is CCCCCNCc1cccc(OC)n1. The molecule has 3 nitrogen and oxygen atoms in total. The van der Waals surface area contributed by atoms with Crippen LogP contribution < -0.4 is 10.1 Å². The van der Waals surface area contributed by atoms with Crippen molar-refractivity contribution >= 4 is 0 Å². The number of nitrogens with zero attached hydrogens (tertiary/aromatic N) is 1. The largest absolute Gasteiger partial charge is 0.481 e. The van der Waals surface area contributed by atoms with Crippen LogP contribution in [0, 0.1) is 0 Å². The smallest absolute Gasteiger partial charge is 0.213 e. The van der Waals surface area contributed by atoms with Gasteiger partial charge in [0.1, 0.15) is 0 Å². The Labute approximate surface area is 91.9 Å². The minimum Gasteiger partial charge on any atom is -0.481 e. The van der Waals surface area contributed by atoms with Crippen molar-refractivity contribution in [1.82, 2.24) is 10.3 Å². The molecular weight excluding hydrogens is 188 g/mol. The summed E-state index contributed by atoms with van der Waals surface area (Å²) in [5.41, 5.74) is 1.03. The van der Waals surface area contributed by atoms with E-state index in [2.05, 4.69) is 17.2 Å². The van der Waals surface area contributed by atoms with E-state index in [1.165, 1.54) is 19.3 Å². The standard InChI is InChI=1S/C12H20N2O/c1-3-4-5-9-13-10-11-7-6-8-12(14-11)15-2/h6-8,13H,3-5,9-10H2,1-2H3. The third-order valence-electron chi connectivity index (χ3n) is 2.25. The Morgan fingerprint density at radius 3 is 2.93 bits per heavy atom. The lowest BCUT2D eigenvalue weighted by atomic mass is 10.2. The van der Waals surface area contributed by atoms with E-state index in [-0.39, 0.29) is 0 Å². The molecule has 0 saturated carbocycles. The predicted molar refractivity (Wildman–Crippen MR) is 62.0 cm³/mol. The van der Waals surface area contributed by atoms with E-state index < -0.39 is 0 Å². The van der Waals surface area contributed by atoms with E-state index in [1.54, 1.807) is 7.11 Å². The summed E-state index contributed by atoms with van der Waals surface area (Å²) in [5.74, 6) is 0.683. The molecule has 0 fully saturated rings. The summed E-state index contributed by atoms with van der Waals surface area (Å²) >= 11 is 0. The number of aromatic nitrogens is 1. The van der Waals surface area contributed by atoms with E-state index in [1.807, 2.05) is 18.2 Å². The zero-order chi connectivity index (χ0) is 10.9. The number of methoxy groups -OCH3 is 1. The lowest BCUT2D eigenvalue weighted by Crippen LogP contribution is -2.15. The summed E-state index contributed by atoms with van der Waals surface area (Å²) < 4.78 is 5.06. The molecule has 0 unspecified atom stereocenters. The van der Waals surface area contributed by atoms with Crippen LogP contribution in [0.1, 0.15) is 31.9 Å². The maximum absolute atomic E-state index is 5.06. The van der Waals surface area contributed by atoms with Crippen LogP contribution in [0.4, 0.5) is 0 Å². The van der Waals surface area contributed by atoms with Gasteiger partial charge in [0.15, 0.2) is 0 Å². The number of hydrogen-bond acceptors (Lipinski definition) is 3. The highest BCUT2D eigenvalue weighted by molar-refractivity contribution is 5.15. The summed E-state index contributed by atoms with van der Waals surface area (Å²) in [4.78, 5) is 4.32. The molecular formula is C12H20N2O. The van der Waals surface area contributed by atoms with Crippen molar-refractivity contribution < 1.29 is 4.74 Å². The maximum atomic E-state index is 5.06. The molecule has 0 spiro atoms. The minimum atomic E-state index is 0.683. The Morgan fingerprint density at radius 1 is 1.33 bits per heavy atom. The van der Waals surface area contributed by atoms with Crippen LogP contribution in [0.2, 0.25) is 0 Å². The fourth-order valence-electron chi connectivity index (χ4n) is 1.39. The third-order valence-corrected chi connectivity index (χ3v) is 2.25. The zero-order valence-corrected chi connectivity index (χ0v) is 9.62. The van der Waals surface area contributed by atoms with Gasteiger partial charge in [0, 0.05) is 12.6 Å². The number of unbranched alkanes of at least 4 members (excludes halogenated alkanes) is 2. The molecule has 1 rings (SSSR count). The molecule has 1 N–H and O–H groups in total. The molecule has 1 aromatic rings. The lowest BCUT2D eigenvalue weighted by Gasteiger charge is -2.05. The van der Waals surface area contributed by atoms with Gasteiger partial charge in [0.25, 0.3) is 0 Å². The summed E-state index contributed by atoms with van der Waals surface area (Å²) in [6.07, 6.45) is 3.79. The van der Waals surface area contributed by atoms with Crippen LogP contribution in [-0.4, -0.2) is 18.6 Å². The number of pyridine rings is 1. The molecule has 0 aliphatic heterocycles. The van der Waals surface area contributed by atoms with Gasteiger partial charge in [-0.15, -0.1) is 0 Å². The topological polar surface area (TPSA) is 34.1 Å². The summed E-state index contributed by atoms with van der Waals surface area (Å²) in [5, 5.41) is 3.37. The molecule has 0 radical (unpaired) electrons. The number of hydrogen-bond donors (Lipinski definition) is 1. The van der Waals surface area contributed by atoms with Crippen molar-refractivity contribution in [1.29, 1.82) is 0 Å². The number of rotatable bonds is 7. The molecule has 84 valence electrons. The Morgan fingerprint density at radius 2 is 2.20 bits per heavy atom. The van der Waals surface area contributed by atoms with Crippen molar-refractivity contribution in [2.24, 2.45) is 0 Å². The van der Waals surface area contributed by atoms with Crippen LogP contribution in [0.15, 0.2) is 18.2 Å². The zero-order valence-electron chi connectivity index (χ0n) is 9.62. The van der Waals surface area contributed by atoms with Gasteiger partial charge in [-0.1, -0.05) is 25.8 Å². The first kappa shape index (κ1) is 12.0. The Balaban J connectivity index is 2.24. The predicted octanol–water partition coefficient (Wildman–Crippen LogP) is 2.37. The average Bonchev–Trinajstić information content (AvgIpc) is 2.29. The van der Waals surface area contributed by atoms with Gasteiger partial charge in [-0.2, -0.15) is 0 Å². The number of ether oxygens (including phenoxy) is 1.